The summed E-state index contributed by atoms with van der Waals surface area (Å²) in [5.74, 6) is 1.04. The summed E-state index contributed by atoms with van der Waals surface area (Å²) in [6.45, 7) is 6.10. The highest BCUT2D eigenvalue weighted by Gasteiger charge is 2.20. The number of allylic oxidation sites excluding steroid dienone is 1. The average molecular weight is 502 g/mol. The van der Waals surface area contributed by atoms with Crippen LogP contribution in [0.3, 0.4) is 0 Å². The van der Waals surface area contributed by atoms with Gasteiger partial charge in [-0.3, -0.25) is 9.59 Å². The molecule has 1 unspecified atom stereocenters. The van der Waals surface area contributed by atoms with Crippen molar-refractivity contribution >= 4 is 40.0 Å². The van der Waals surface area contributed by atoms with E-state index in [-0.39, 0.29) is 17.6 Å². The van der Waals surface area contributed by atoms with Crippen LogP contribution < -0.4 is 15.4 Å². The third-order valence-electron chi connectivity index (χ3n) is 5.51. The van der Waals surface area contributed by atoms with Crippen molar-refractivity contribution in [1.82, 2.24) is 20.1 Å². The van der Waals surface area contributed by atoms with Gasteiger partial charge < -0.3 is 19.9 Å². The van der Waals surface area contributed by atoms with Crippen molar-refractivity contribution < 1.29 is 14.3 Å². The number of amides is 2. The van der Waals surface area contributed by atoms with E-state index in [0.717, 1.165) is 16.5 Å². The van der Waals surface area contributed by atoms with Crippen LogP contribution in [0.1, 0.15) is 29.1 Å². The topological polar surface area (TPSA) is 98.1 Å². The van der Waals surface area contributed by atoms with Gasteiger partial charge in [0.15, 0.2) is 11.0 Å². The lowest BCUT2D eigenvalue weighted by Crippen LogP contribution is -2.28. The summed E-state index contributed by atoms with van der Waals surface area (Å²) in [7, 11) is 1.58. The van der Waals surface area contributed by atoms with Crippen LogP contribution >= 0.6 is 11.8 Å². The maximum absolute atomic E-state index is 12.7. The predicted octanol–water partition coefficient (Wildman–Crippen LogP) is 4.85. The first-order valence-corrected chi connectivity index (χ1v) is 12.4. The molecule has 184 valence electrons. The number of nitrogens with one attached hydrogen (secondary N) is 2. The van der Waals surface area contributed by atoms with Gasteiger partial charge in [0.2, 0.25) is 5.91 Å². The molecule has 1 aromatic heterocycles. The molecule has 0 saturated carbocycles. The number of rotatable bonds is 10. The second kappa shape index (κ2) is 11.5. The Kier molecular flexibility index (Phi) is 8.02. The summed E-state index contributed by atoms with van der Waals surface area (Å²) < 4.78 is 6.99. The number of anilines is 1. The number of ether oxygens (including phenoxy) is 1. The quantitative estimate of drug-likeness (QED) is 0.238. The van der Waals surface area contributed by atoms with Gasteiger partial charge in [0.05, 0.1) is 18.9 Å². The van der Waals surface area contributed by atoms with Crippen LogP contribution in [0, 0.1) is 0 Å². The summed E-state index contributed by atoms with van der Waals surface area (Å²) in [6, 6.07) is 20.3. The van der Waals surface area contributed by atoms with E-state index in [1.165, 1.54) is 11.8 Å². The number of nitrogens with zero attached hydrogens (tertiary/aromatic N) is 3. The molecule has 0 aliphatic rings. The average Bonchev–Trinajstić information content (AvgIpc) is 3.30. The van der Waals surface area contributed by atoms with E-state index in [0.29, 0.717) is 28.8 Å². The van der Waals surface area contributed by atoms with Gasteiger partial charge in [-0.25, -0.2) is 0 Å². The van der Waals surface area contributed by atoms with Crippen molar-refractivity contribution in [1.29, 1.82) is 0 Å². The molecule has 8 nitrogen and oxygen atoms in total. The normalized spacial score (nSPS) is 11.6. The van der Waals surface area contributed by atoms with Gasteiger partial charge in [0.1, 0.15) is 5.75 Å². The molecule has 36 heavy (non-hydrogen) atoms. The number of hydrogen-bond acceptors (Lipinski definition) is 6. The molecule has 2 amide bonds. The van der Waals surface area contributed by atoms with Crippen molar-refractivity contribution in [2.75, 3.05) is 18.2 Å². The maximum Gasteiger partial charge on any atom is 0.251 e. The molecule has 0 saturated heterocycles. The van der Waals surface area contributed by atoms with E-state index >= 15 is 0 Å². The summed E-state index contributed by atoms with van der Waals surface area (Å²) in [5, 5.41) is 17.2. The Labute approximate surface area is 213 Å². The second-order valence-corrected chi connectivity index (χ2v) is 9.00. The third-order valence-corrected chi connectivity index (χ3v) is 6.48. The second-order valence-electron chi connectivity index (χ2n) is 8.06. The fourth-order valence-electron chi connectivity index (χ4n) is 3.71. The van der Waals surface area contributed by atoms with Crippen LogP contribution in [0.15, 0.2) is 84.5 Å². The highest BCUT2D eigenvalue weighted by atomic mass is 32.2. The molecule has 1 atom stereocenters. The zero-order valence-corrected chi connectivity index (χ0v) is 20.9. The summed E-state index contributed by atoms with van der Waals surface area (Å²) in [4.78, 5) is 25.3. The van der Waals surface area contributed by atoms with Crippen molar-refractivity contribution in [2.24, 2.45) is 0 Å². The van der Waals surface area contributed by atoms with Crippen molar-refractivity contribution in [3.63, 3.8) is 0 Å². The molecule has 3 aromatic carbocycles. The molecule has 0 spiro atoms. The monoisotopic (exact) mass is 501 g/mol. The van der Waals surface area contributed by atoms with E-state index in [1.807, 2.05) is 54.0 Å². The van der Waals surface area contributed by atoms with Crippen LogP contribution in [0.4, 0.5) is 5.69 Å². The lowest BCUT2D eigenvalue weighted by atomic mass is 10.1. The first-order valence-electron chi connectivity index (χ1n) is 11.4. The van der Waals surface area contributed by atoms with Gasteiger partial charge in [-0.1, -0.05) is 48.2 Å². The molecule has 0 bridgehead atoms. The van der Waals surface area contributed by atoms with Gasteiger partial charge in [0.25, 0.3) is 5.91 Å². The molecule has 1 heterocycles. The molecular weight excluding hydrogens is 474 g/mol. The number of carbonyl (C=O) groups is 2. The molecule has 4 aromatic rings. The first kappa shape index (κ1) is 25.0. The molecule has 0 fully saturated rings. The molecular formula is C27H27N5O3S. The maximum atomic E-state index is 12.7. The van der Waals surface area contributed by atoms with Crippen LogP contribution in [0.5, 0.6) is 5.75 Å². The van der Waals surface area contributed by atoms with E-state index in [2.05, 4.69) is 27.4 Å². The van der Waals surface area contributed by atoms with Crippen LogP contribution in [-0.4, -0.2) is 39.4 Å². The molecule has 4 rings (SSSR count). The van der Waals surface area contributed by atoms with Gasteiger partial charge in [0, 0.05) is 17.8 Å². The number of hydrogen-bond donors (Lipinski definition) is 2. The zero-order valence-electron chi connectivity index (χ0n) is 20.1. The highest BCUT2D eigenvalue weighted by Crippen LogP contribution is 2.23. The minimum atomic E-state index is -0.409. The van der Waals surface area contributed by atoms with E-state index in [9.17, 15) is 9.59 Å². The molecule has 0 aliphatic carbocycles. The Bertz CT molecular complexity index is 1380. The predicted molar refractivity (Wildman–Crippen MR) is 142 cm³/mol. The molecule has 0 aliphatic heterocycles. The SMILES string of the molecule is C=CCn1c(SCC(=O)Nc2ccc3ccccc3c2)nnc1C(C)NC(=O)c1ccc(OC)cc1. The Morgan fingerprint density at radius 2 is 1.83 bits per heavy atom. The smallest absolute Gasteiger partial charge is 0.251 e. The largest absolute Gasteiger partial charge is 0.497 e. The minimum absolute atomic E-state index is 0.147. The third kappa shape index (κ3) is 5.92. The number of thioether (sulfide) groups is 1. The Hall–Kier alpha value is -4.11. The van der Waals surface area contributed by atoms with E-state index in [1.54, 1.807) is 37.5 Å². The number of benzene rings is 3. The van der Waals surface area contributed by atoms with E-state index in [4.69, 9.17) is 4.74 Å². The Balaban J connectivity index is 1.40. The molecule has 2 N–H and O–H groups in total. The first-order chi connectivity index (χ1) is 17.5. The van der Waals surface area contributed by atoms with Gasteiger partial charge >= 0.3 is 0 Å². The lowest BCUT2D eigenvalue weighted by molar-refractivity contribution is -0.113. The van der Waals surface area contributed by atoms with Crippen molar-refractivity contribution in [3.05, 3.63) is 90.8 Å². The number of fused-ring (bicyclic) bond motifs is 1. The fraction of sp³-hybridized carbons (Fsp3) is 0.185. The summed E-state index contributed by atoms with van der Waals surface area (Å²) in [5.41, 5.74) is 1.25. The van der Waals surface area contributed by atoms with Crippen molar-refractivity contribution in [3.8, 4) is 5.75 Å². The van der Waals surface area contributed by atoms with Gasteiger partial charge in [-0.05, 0) is 54.1 Å². The number of aromatic nitrogens is 3. The van der Waals surface area contributed by atoms with Crippen LogP contribution in [0.2, 0.25) is 0 Å². The highest BCUT2D eigenvalue weighted by molar-refractivity contribution is 7.99. The van der Waals surface area contributed by atoms with Gasteiger partial charge in [-0.2, -0.15) is 0 Å². The molecule has 0 radical (unpaired) electrons. The fourth-order valence-corrected chi connectivity index (χ4v) is 4.46. The molecule has 9 heteroatoms. The summed E-state index contributed by atoms with van der Waals surface area (Å²) >= 11 is 1.28. The zero-order chi connectivity index (χ0) is 25.5. The number of carbonyl (C=O) groups excluding carboxylic acids is 2. The van der Waals surface area contributed by atoms with Crippen LogP contribution in [-0.2, 0) is 11.3 Å². The van der Waals surface area contributed by atoms with E-state index < -0.39 is 6.04 Å². The lowest BCUT2D eigenvalue weighted by Gasteiger charge is -2.15. The minimum Gasteiger partial charge on any atom is -0.497 e. The standard InChI is InChI=1S/C27H27N5O3S/c1-4-15-32-25(18(2)28-26(34)20-10-13-23(35-3)14-11-20)30-31-27(32)36-17-24(33)29-22-12-9-19-7-5-6-8-21(19)16-22/h4-14,16,18H,1,15,17H2,2-3H3,(H,28,34)(H,29,33). The Morgan fingerprint density at radius 3 is 2.56 bits per heavy atom. The Morgan fingerprint density at radius 1 is 1.08 bits per heavy atom. The van der Waals surface area contributed by atoms with Gasteiger partial charge in [-0.15, -0.1) is 16.8 Å². The van der Waals surface area contributed by atoms with Crippen molar-refractivity contribution in [2.45, 2.75) is 24.7 Å². The number of methoxy groups -OCH3 is 1. The van der Waals surface area contributed by atoms with Crippen LogP contribution in [0.25, 0.3) is 10.8 Å². The summed E-state index contributed by atoms with van der Waals surface area (Å²) in [6.07, 6.45) is 1.73.